The van der Waals surface area contributed by atoms with Crippen LogP contribution in [0.5, 0.6) is 0 Å². The molecular formula is C20H12ClN7OS3. The lowest BCUT2D eigenvalue weighted by Crippen LogP contribution is -2.19. The summed E-state index contributed by atoms with van der Waals surface area (Å²) in [4.78, 5) is 26.1. The Hall–Kier alpha value is -3.12. The van der Waals surface area contributed by atoms with E-state index in [-0.39, 0.29) is 0 Å². The van der Waals surface area contributed by atoms with Crippen molar-refractivity contribution in [1.82, 2.24) is 25.1 Å². The van der Waals surface area contributed by atoms with Crippen LogP contribution >= 0.6 is 46.0 Å². The van der Waals surface area contributed by atoms with Crippen LogP contribution in [-0.2, 0) is 0 Å². The quantitative estimate of drug-likeness (QED) is 0.225. The number of urea groups is 1. The van der Waals surface area contributed by atoms with Crippen molar-refractivity contribution >= 4 is 73.1 Å². The smallest absolute Gasteiger partial charge is 0.308 e. The summed E-state index contributed by atoms with van der Waals surface area (Å²) in [6.07, 6.45) is 5.05. The van der Waals surface area contributed by atoms with Crippen LogP contribution in [0.4, 0.5) is 15.6 Å². The fraction of sp³-hybridized carbons (Fsp3) is 0. The Morgan fingerprint density at radius 3 is 2.78 bits per heavy atom. The highest BCUT2D eigenvalue weighted by Gasteiger charge is 2.16. The summed E-state index contributed by atoms with van der Waals surface area (Å²) in [5, 5.41) is 18.3. The van der Waals surface area contributed by atoms with Crippen LogP contribution in [0, 0.1) is 0 Å². The maximum atomic E-state index is 12.2. The van der Waals surface area contributed by atoms with Gasteiger partial charge in [0.25, 0.3) is 0 Å². The number of hydrogen-bond acceptors (Lipinski definition) is 9. The summed E-state index contributed by atoms with van der Waals surface area (Å²) in [7, 11) is 0. The first-order valence-corrected chi connectivity index (χ1v) is 12.0. The molecule has 2 amide bonds. The first-order chi connectivity index (χ1) is 15.7. The van der Waals surface area contributed by atoms with Gasteiger partial charge in [0.2, 0.25) is 5.13 Å². The molecule has 0 bridgehead atoms. The number of aromatic nitrogens is 5. The van der Waals surface area contributed by atoms with Gasteiger partial charge in [0, 0.05) is 34.0 Å². The van der Waals surface area contributed by atoms with E-state index >= 15 is 0 Å². The fourth-order valence-electron chi connectivity index (χ4n) is 2.88. The lowest BCUT2D eigenvalue weighted by atomic mass is 10.1. The molecule has 0 saturated carbocycles. The van der Waals surface area contributed by atoms with Gasteiger partial charge in [0.05, 0.1) is 5.39 Å². The SMILES string of the molecule is O=C(Nc1cccc(Cl)c1)Nc1nnc(Sc2ncnc3scc(-c4ccncc4)c23)s1. The maximum absolute atomic E-state index is 12.2. The zero-order chi connectivity index (χ0) is 21.9. The fourth-order valence-corrected chi connectivity index (χ4v) is 5.82. The van der Waals surface area contributed by atoms with Crippen LogP contribution in [-0.4, -0.2) is 31.2 Å². The number of benzene rings is 1. The number of halogens is 1. The Labute approximate surface area is 199 Å². The molecule has 0 saturated heterocycles. The van der Waals surface area contributed by atoms with Gasteiger partial charge in [-0.05, 0) is 47.7 Å². The van der Waals surface area contributed by atoms with Crippen molar-refractivity contribution < 1.29 is 4.79 Å². The van der Waals surface area contributed by atoms with E-state index in [9.17, 15) is 4.79 Å². The van der Waals surface area contributed by atoms with Crippen molar-refractivity contribution in [2.24, 2.45) is 0 Å². The Kier molecular flexibility index (Phi) is 5.95. The van der Waals surface area contributed by atoms with Crippen LogP contribution in [0.15, 0.2) is 69.9 Å². The number of nitrogens with zero attached hydrogens (tertiary/aromatic N) is 5. The monoisotopic (exact) mass is 497 g/mol. The highest BCUT2D eigenvalue weighted by atomic mass is 35.5. The summed E-state index contributed by atoms with van der Waals surface area (Å²) in [5.74, 6) is 0. The zero-order valence-corrected chi connectivity index (χ0v) is 19.2. The van der Waals surface area contributed by atoms with Gasteiger partial charge < -0.3 is 5.32 Å². The predicted molar refractivity (Wildman–Crippen MR) is 129 cm³/mol. The van der Waals surface area contributed by atoms with E-state index in [1.807, 2.05) is 12.1 Å². The molecule has 8 nitrogen and oxygen atoms in total. The van der Waals surface area contributed by atoms with E-state index in [4.69, 9.17) is 11.6 Å². The molecule has 0 aliphatic heterocycles. The van der Waals surface area contributed by atoms with Crippen LogP contribution in [0.2, 0.25) is 5.02 Å². The molecular weight excluding hydrogens is 486 g/mol. The standard InChI is InChI=1S/C20H12ClN7OS3/c21-12-2-1-3-13(8-12)25-18(29)26-19-27-28-20(32-19)31-17-15-14(11-4-6-22-7-5-11)9-30-16(15)23-10-24-17/h1-10H,(H2,25,26,27,29). The third-order valence-corrected chi connectivity index (χ3v) is 7.23. The van der Waals surface area contributed by atoms with Gasteiger partial charge in [-0.3, -0.25) is 10.3 Å². The van der Waals surface area contributed by atoms with E-state index < -0.39 is 6.03 Å². The number of carbonyl (C=O) groups is 1. The molecule has 1 aromatic carbocycles. The first-order valence-electron chi connectivity index (χ1n) is 9.13. The number of pyridine rings is 1. The van der Waals surface area contributed by atoms with Crippen molar-refractivity contribution in [2.75, 3.05) is 10.6 Å². The second-order valence-electron chi connectivity index (χ2n) is 6.31. The number of carbonyl (C=O) groups excluding carboxylic acids is 1. The van der Waals surface area contributed by atoms with Crippen molar-refractivity contribution in [3.63, 3.8) is 0 Å². The molecule has 0 radical (unpaired) electrons. The summed E-state index contributed by atoms with van der Waals surface area (Å²) in [5.41, 5.74) is 2.66. The van der Waals surface area contributed by atoms with E-state index in [2.05, 4.69) is 41.2 Å². The van der Waals surface area contributed by atoms with Crippen LogP contribution < -0.4 is 10.6 Å². The van der Waals surface area contributed by atoms with Crippen LogP contribution in [0.1, 0.15) is 0 Å². The second-order valence-corrected chi connectivity index (χ2v) is 9.82. The van der Waals surface area contributed by atoms with Crippen molar-refractivity contribution in [3.05, 3.63) is 65.5 Å². The Morgan fingerprint density at radius 1 is 1.06 bits per heavy atom. The molecule has 0 spiro atoms. The largest absolute Gasteiger partial charge is 0.325 e. The molecule has 5 rings (SSSR count). The molecule has 0 fully saturated rings. The maximum Gasteiger partial charge on any atom is 0.325 e. The number of nitrogens with one attached hydrogen (secondary N) is 2. The minimum absolute atomic E-state index is 0.372. The predicted octanol–water partition coefficient (Wildman–Crippen LogP) is 6.05. The minimum atomic E-state index is -0.429. The third kappa shape index (κ3) is 4.55. The number of thiophene rings is 1. The van der Waals surface area contributed by atoms with Gasteiger partial charge in [-0.2, -0.15) is 0 Å². The van der Waals surface area contributed by atoms with Crippen molar-refractivity contribution in [1.29, 1.82) is 0 Å². The topological polar surface area (TPSA) is 106 Å². The molecule has 4 heterocycles. The van der Waals surface area contributed by atoms with Gasteiger partial charge in [0.15, 0.2) is 4.34 Å². The van der Waals surface area contributed by atoms with E-state index in [0.29, 0.717) is 20.2 Å². The number of rotatable bonds is 5. The van der Waals surface area contributed by atoms with E-state index in [1.54, 1.807) is 48.0 Å². The molecule has 0 aliphatic carbocycles. The number of anilines is 2. The normalized spacial score (nSPS) is 10.9. The van der Waals surface area contributed by atoms with Crippen LogP contribution in [0.25, 0.3) is 21.3 Å². The Bertz CT molecular complexity index is 1410. The molecule has 12 heteroatoms. The molecule has 0 unspecified atom stereocenters. The van der Waals surface area contributed by atoms with Crippen molar-refractivity contribution in [3.8, 4) is 11.1 Å². The average molecular weight is 498 g/mol. The summed E-state index contributed by atoms with van der Waals surface area (Å²) in [6.45, 7) is 0. The lowest BCUT2D eigenvalue weighted by Gasteiger charge is -2.05. The molecule has 0 aliphatic rings. The summed E-state index contributed by atoms with van der Waals surface area (Å²) < 4.78 is 0.648. The highest BCUT2D eigenvalue weighted by Crippen LogP contribution is 2.40. The Balaban J connectivity index is 1.34. The van der Waals surface area contributed by atoms with Crippen LogP contribution in [0.3, 0.4) is 0 Å². The highest BCUT2D eigenvalue weighted by molar-refractivity contribution is 8.01. The van der Waals surface area contributed by atoms with Gasteiger partial charge in [-0.1, -0.05) is 29.0 Å². The Morgan fingerprint density at radius 2 is 1.94 bits per heavy atom. The van der Waals surface area contributed by atoms with E-state index in [0.717, 1.165) is 26.4 Å². The number of fused-ring (bicyclic) bond motifs is 1. The van der Waals surface area contributed by atoms with Gasteiger partial charge in [-0.15, -0.1) is 21.5 Å². The molecule has 158 valence electrons. The molecule has 2 N–H and O–H groups in total. The summed E-state index contributed by atoms with van der Waals surface area (Å²) in [6, 6.07) is 10.4. The molecule has 32 heavy (non-hydrogen) atoms. The average Bonchev–Trinajstić information content (AvgIpc) is 3.42. The number of amides is 2. The minimum Gasteiger partial charge on any atom is -0.308 e. The third-order valence-electron chi connectivity index (χ3n) is 4.22. The van der Waals surface area contributed by atoms with E-state index in [1.165, 1.54) is 29.4 Å². The summed E-state index contributed by atoms with van der Waals surface area (Å²) >= 11 is 10.1. The molecule has 0 atom stereocenters. The first kappa shape index (κ1) is 20.8. The van der Waals surface area contributed by atoms with Gasteiger partial charge in [-0.25, -0.2) is 14.8 Å². The molecule has 4 aromatic heterocycles. The molecule has 5 aromatic rings. The van der Waals surface area contributed by atoms with Gasteiger partial charge >= 0.3 is 6.03 Å². The zero-order valence-electron chi connectivity index (χ0n) is 16.0. The lowest BCUT2D eigenvalue weighted by molar-refractivity contribution is 0.262. The second kappa shape index (κ2) is 9.17. The number of hydrogen-bond donors (Lipinski definition) is 2. The van der Waals surface area contributed by atoms with Gasteiger partial charge in [0.1, 0.15) is 16.2 Å². The van der Waals surface area contributed by atoms with Crippen molar-refractivity contribution in [2.45, 2.75) is 9.37 Å².